The number of aryl methyl sites for hydroxylation is 1. The van der Waals surface area contributed by atoms with Gasteiger partial charge in [-0.2, -0.15) is 0 Å². The molecule has 0 atom stereocenters. The molecule has 2 N–H and O–H groups in total. The Kier molecular flexibility index (Phi) is 3.00. The number of hydrogen-bond donors (Lipinski definition) is 2. The van der Waals surface area contributed by atoms with Crippen LogP contribution < -0.4 is 10.9 Å². The number of nitrogens with one attached hydrogen (secondary N) is 2. The highest BCUT2D eigenvalue weighted by Crippen LogP contribution is 2.17. The smallest absolute Gasteiger partial charge is 0.273 e. The van der Waals surface area contributed by atoms with Gasteiger partial charge in [0.25, 0.3) is 11.2 Å². The molecule has 18 heavy (non-hydrogen) atoms. The van der Waals surface area contributed by atoms with Crippen LogP contribution in [0.15, 0.2) is 29.1 Å². The second-order valence-corrected chi connectivity index (χ2v) is 3.52. The summed E-state index contributed by atoms with van der Waals surface area (Å²) >= 11 is 0. The maximum Gasteiger partial charge on any atom is 0.273 e. The summed E-state index contributed by atoms with van der Waals surface area (Å²) in [5, 5.41) is 20.7. The summed E-state index contributed by atoms with van der Waals surface area (Å²) in [6, 6.07) is 5.72. The zero-order valence-electron chi connectivity index (χ0n) is 9.38. The molecule has 1 aromatic carbocycles. The Morgan fingerprint density at radius 1 is 1.28 bits per heavy atom. The maximum absolute atomic E-state index is 11.3. The van der Waals surface area contributed by atoms with Crippen molar-refractivity contribution in [1.29, 1.82) is 0 Å². The number of aromatic nitrogens is 3. The van der Waals surface area contributed by atoms with E-state index in [1.165, 1.54) is 24.3 Å². The van der Waals surface area contributed by atoms with Crippen LogP contribution in [0.1, 0.15) is 5.69 Å². The fraction of sp³-hybridized carbons (Fsp3) is 0.100. The van der Waals surface area contributed by atoms with E-state index in [0.29, 0.717) is 5.69 Å². The minimum Gasteiger partial charge on any atom is -0.324 e. The Morgan fingerprint density at radius 2 is 1.94 bits per heavy atom. The number of anilines is 2. The number of benzene rings is 1. The second kappa shape index (κ2) is 4.62. The van der Waals surface area contributed by atoms with Gasteiger partial charge in [0.1, 0.15) is 5.69 Å². The number of non-ortho nitro benzene ring substituents is 1. The maximum atomic E-state index is 11.3. The van der Waals surface area contributed by atoms with Gasteiger partial charge in [-0.1, -0.05) is 0 Å². The number of H-pyrrole nitrogens is 1. The normalized spacial score (nSPS) is 10.1. The minimum atomic E-state index is -0.489. The van der Waals surface area contributed by atoms with E-state index in [-0.39, 0.29) is 22.9 Å². The molecule has 0 saturated heterocycles. The zero-order valence-corrected chi connectivity index (χ0v) is 9.38. The van der Waals surface area contributed by atoms with Crippen molar-refractivity contribution in [2.75, 3.05) is 5.32 Å². The number of nitrogens with zero attached hydrogens (tertiary/aromatic N) is 3. The van der Waals surface area contributed by atoms with Crippen LogP contribution >= 0.6 is 0 Å². The van der Waals surface area contributed by atoms with Gasteiger partial charge < -0.3 is 5.32 Å². The van der Waals surface area contributed by atoms with Gasteiger partial charge in [0.15, 0.2) is 0 Å². The SMILES string of the molecule is Cc1nnc(Nc2ccc([N+](=O)[O-])cc2)[nH]c1=O. The standard InChI is InChI=1S/C10H9N5O3/c1-6-9(16)12-10(14-13-6)11-7-2-4-8(5-3-7)15(17)18/h2-5H,1H3,(H2,11,12,14,16). The molecule has 0 fully saturated rings. The Labute approximate surface area is 101 Å². The third-order valence-electron chi connectivity index (χ3n) is 2.20. The molecule has 0 aliphatic carbocycles. The van der Waals surface area contributed by atoms with E-state index < -0.39 is 4.92 Å². The monoisotopic (exact) mass is 247 g/mol. The Morgan fingerprint density at radius 3 is 2.50 bits per heavy atom. The summed E-state index contributed by atoms with van der Waals surface area (Å²) in [6.45, 7) is 1.54. The van der Waals surface area contributed by atoms with Gasteiger partial charge >= 0.3 is 0 Å². The second-order valence-electron chi connectivity index (χ2n) is 3.52. The lowest BCUT2D eigenvalue weighted by molar-refractivity contribution is -0.384. The van der Waals surface area contributed by atoms with E-state index >= 15 is 0 Å². The molecule has 0 aliphatic rings. The van der Waals surface area contributed by atoms with Crippen LogP contribution in [0.2, 0.25) is 0 Å². The van der Waals surface area contributed by atoms with Crippen molar-refractivity contribution in [1.82, 2.24) is 15.2 Å². The molecule has 0 amide bonds. The van der Waals surface area contributed by atoms with Crippen molar-refractivity contribution in [3.8, 4) is 0 Å². The van der Waals surface area contributed by atoms with E-state index in [0.717, 1.165) is 0 Å². The molecular formula is C10H9N5O3. The highest BCUT2D eigenvalue weighted by atomic mass is 16.6. The largest absolute Gasteiger partial charge is 0.324 e. The molecule has 8 heteroatoms. The highest BCUT2D eigenvalue weighted by Gasteiger charge is 2.05. The van der Waals surface area contributed by atoms with E-state index in [2.05, 4.69) is 20.5 Å². The van der Waals surface area contributed by atoms with Crippen LogP contribution in [0.25, 0.3) is 0 Å². The van der Waals surface area contributed by atoms with Gasteiger partial charge in [-0.15, -0.1) is 10.2 Å². The molecule has 2 aromatic rings. The third-order valence-corrected chi connectivity index (χ3v) is 2.20. The average molecular weight is 247 g/mol. The number of nitro benzene ring substituents is 1. The van der Waals surface area contributed by atoms with Crippen LogP contribution in [0, 0.1) is 17.0 Å². The molecule has 2 rings (SSSR count). The van der Waals surface area contributed by atoms with Crippen LogP contribution in [-0.2, 0) is 0 Å². The Balaban J connectivity index is 2.20. The molecule has 1 heterocycles. The van der Waals surface area contributed by atoms with E-state index in [9.17, 15) is 14.9 Å². The lowest BCUT2D eigenvalue weighted by atomic mass is 10.3. The number of nitro groups is 1. The molecule has 0 bridgehead atoms. The summed E-state index contributed by atoms with van der Waals surface area (Å²) in [5.74, 6) is 0.180. The first-order valence-electron chi connectivity index (χ1n) is 5.01. The first-order chi connectivity index (χ1) is 8.56. The summed E-state index contributed by atoms with van der Waals surface area (Å²) in [5.41, 5.74) is 0.483. The summed E-state index contributed by atoms with van der Waals surface area (Å²) < 4.78 is 0. The van der Waals surface area contributed by atoms with Gasteiger partial charge in [0.05, 0.1) is 4.92 Å². The molecule has 0 saturated carbocycles. The lowest BCUT2D eigenvalue weighted by Gasteiger charge is -2.03. The van der Waals surface area contributed by atoms with Crippen molar-refractivity contribution in [2.45, 2.75) is 6.92 Å². The number of aromatic amines is 1. The summed E-state index contributed by atoms with van der Waals surface area (Å²) in [7, 11) is 0. The fourth-order valence-electron chi connectivity index (χ4n) is 1.25. The van der Waals surface area contributed by atoms with Crippen LogP contribution in [-0.4, -0.2) is 20.1 Å². The summed E-state index contributed by atoms with van der Waals surface area (Å²) in [6.07, 6.45) is 0. The molecule has 92 valence electrons. The van der Waals surface area contributed by atoms with Crippen molar-refractivity contribution in [3.63, 3.8) is 0 Å². The van der Waals surface area contributed by atoms with Crippen molar-refractivity contribution >= 4 is 17.3 Å². The van der Waals surface area contributed by atoms with Crippen LogP contribution in [0.3, 0.4) is 0 Å². The number of rotatable bonds is 3. The molecule has 0 radical (unpaired) electrons. The fourth-order valence-corrected chi connectivity index (χ4v) is 1.25. The lowest BCUT2D eigenvalue weighted by Crippen LogP contribution is -2.15. The topological polar surface area (TPSA) is 114 Å². The van der Waals surface area contributed by atoms with Crippen LogP contribution in [0.5, 0.6) is 0 Å². The predicted molar refractivity (Wildman–Crippen MR) is 63.8 cm³/mol. The third kappa shape index (κ3) is 2.48. The van der Waals surface area contributed by atoms with Crippen molar-refractivity contribution in [2.24, 2.45) is 0 Å². The van der Waals surface area contributed by atoms with Gasteiger partial charge in [-0.3, -0.25) is 19.9 Å². The molecule has 8 nitrogen and oxygen atoms in total. The molecular weight excluding hydrogens is 238 g/mol. The quantitative estimate of drug-likeness (QED) is 0.620. The Hall–Kier alpha value is -2.77. The summed E-state index contributed by atoms with van der Waals surface area (Å²) in [4.78, 5) is 23.8. The predicted octanol–water partition coefficient (Wildman–Crippen LogP) is 1.13. The molecule has 0 unspecified atom stereocenters. The van der Waals surface area contributed by atoms with Gasteiger partial charge in [-0.05, 0) is 19.1 Å². The van der Waals surface area contributed by atoms with E-state index in [4.69, 9.17) is 0 Å². The molecule has 1 aromatic heterocycles. The Bertz CT molecular complexity index is 635. The van der Waals surface area contributed by atoms with Crippen molar-refractivity contribution < 1.29 is 4.92 Å². The first-order valence-corrected chi connectivity index (χ1v) is 5.01. The molecule has 0 spiro atoms. The zero-order chi connectivity index (χ0) is 13.1. The van der Waals surface area contributed by atoms with Gasteiger partial charge in [0, 0.05) is 17.8 Å². The first kappa shape index (κ1) is 11.7. The van der Waals surface area contributed by atoms with E-state index in [1.807, 2.05) is 0 Å². The van der Waals surface area contributed by atoms with E-state index in [1.54, 1.807) is 6.92 Å². The van der Waals surface area contributed by atoms with Crippen molar-refractivity contribution in [3.05, 3.63) is 50.4 Å². The van der Waals surface area contributed by atoms with Gasteiger partial charge in [-0.25, -0.2) is 0 Å². The molecule has 0 aliphatic heterocycles. The van der Waals surface area contributed by atoms with Crippen LogP contribution in [0.4, 0.5) is 17.3 Å². The average Bonchev–Trinajstić information content (AvgIpc) is 2.34. The highest BCUT2D eigenvalue weighted by molar-refractivity contribution is 5.55. The van der Waals surface area contributed by atoms with Gasteiger partial charge in [0.2, 0.25) is 5.95 Å². The minimum absolute atomic E-state index is 0.0102. The number of hydrogen-bond acceptors (Lipinski definition) is 6.